The van der Waals surface area contributed by atoms with Crippen molar-refractivity contribution in [3.8, 4) is 0 Å². The third kappa shape index (κ3) is 2.26. The Hall–Kier alpha value is -2.68. The first-order chi connectivity index (χ1) is 9.75. The molecule has 1 aromatic carbocycles. The lowest BCUT2D eigenvalue weighted by Gasteiger charge is -2.03. The summed E-state index contributed by atoms with van der Waals surface area (Å²) in [4.78, 5) is 16.7. The van der Waals surface area contributed by atoms with Gasteiger partial charge in [0.15, 0.2) is 0 Å². The largest absolute Gasteiger partial charge is 0.268 e. The van der Waals surface area contributed by atoms with Gasteiger partial charge in [0.2, 0.25) is 0 Å². The minimum absolute atomic E-state index is 0.0501. The molecule has 0 spiro atoms. The standard InChI is InChI=1S/C17H14N2O/c1-13-6-5-11-19-16(13)18-12-15(17(19)20)10-9-14-7-3-2-4-8-14/h2-12H,1H3/b10-9+. The van der Waals surface area contributed by atoms with Gasteiger partial charge >= 0.3 is 0 Å². The maximum Gasteiger partial charge on any atom is 0.265 e. The van der Waals surface area contributed by atoms with Crippen LogP contribution in [0.4, 0.5) is 0 Å². The van der Waals surface area contributed by atoms with Gasteiger partial charge in [-0.1, -0.05) is 42.5 Å². The highest BCUT2D eigenvalue weighted by Crippen LogP contribution is 2.07. The molecule has 3 nitrogen and oxygen atoms in total. The van der Waals surface area contributed by atoms with Gasteiger partial charge in [-0.2, -0.15) is 0 Å². The molecule has 20 heavy (non-hydrogen) atoms. The van der Waals surface area contributed by atoms with Crippen LogP contribution < -0.4 is 5.56 Å². The van der Waals surface area contributed by atoms with Crippen molar-refractivity contribution in [3.05, 3.63) is 81.9 Å². The van der Waals surface area contributed by atoms with Crippen LogP contribution in [0.3, 0.4) is 0 Å². The van der Waals surface area contributed by atoms with Crippen molar-refractivity contribution >= 4 is 17.8 Å². The van der Waals surface area contributed by atoms with E-state index in [-0.39, 0.29) is 5.56 Å². The minimum atomic E-state index is -0.0501. The van der Waals surface area contributed by atoms with Gasteiger partial charge in [0.05, 0.1) is 5.56 Å². The van der Waals surface area contributed by atoms with Gasteiger partial charge in [-0.25, -0.2) is 4.98 Å². The van der Waals surface area contributed by atoms with E-state index in [0.717, 1.165) is 11.1 Å². The normalized spacial score (nSPS) is 11.2. The summed E-state index contributed by atoms with van der Waals surface area (Å²) < 4.78 is 1.58. The molecule has 0 amide bonds. The molecule has 2 heterocycles. The second kappa shape index (κ2) is 5.13. The summed E-state index contributed by atoms with van der Waals surface area (Å²) in [5.41, 5.74) is 3.28. The van der Waals surface area contributed by atoms with Gasteiger partial charge in [-0.05, 0) is 30.2 Å². The van der Waals surface area contributed by atoms with Gasteiger partial charge in [0, 0.05) is 12.4 Å². The van der Waals surface area contributed by atoms with Crippen LogP contribution in [0, 0.1) is 6.92 Å². The highest BCUT2D eigenvalue weighted by Gasteiger charge is 2.03. The van der Waals surface area contributed by atoms with Crippen LogP contribution in [0.25, 0.3) is 17.8 Å². The van der Waals surface area contributed by atoms with Crippen LogP contribution in [0.1, 0.15) is 16.7 Å². The number of hydrogen-bond acceptors (Lipinski definition) is 2. The van der Waals surface area contributed by atoms with Crippen molar-refractivity contribution in [2.75, 3.05) is 0 Å². The lowest BCUT2D eigenvalue weighted by molar-refractivity contribution is 1.03. The highest BCUT2D eigenvalue weighted by atomic mass is 16.1. The average Bonchev–Trinajstić information content (AvgIpc) is 2.48. The van der Waals surface area contributed by atoms with Crippen molar-refractivity contribution < 1.29 is 0 Å². The fourth-order valence-electron chi connectivity index (χ4n) is 2.13. The summed E-state index contributed by atoms with van der Waals surface area (Å²) in [6, 6.07) is 13.7. The Morgan fingerprint density at radius 3 is 2.65 bits per heavy atom. The quantitative estimate of drug-likeness (QED) is 0.711. The maximum absolute atomic E-state index is 12.4. The third-order valence-corrected chi connectivity index (χ3v) is 3.21. The van der Waals surface area contributed by atoms with Crippen molar-refractivity contribution in [2.45, 2.75) is 6.92 Å². The molecule has 0 aliphatic carbocycles. The molecule has 3 heteroatoms. The Balaban J connectivity index is 2.08. The van der Waals surface area contributed by atoms with Crippen molar-refractivity contribution in [1.82, 2.24) is 9.38 Å². The van der Waals surface area contributed by atoms with Gasteiger partial charge in [0.25, 0.3) is 5.56 Å². The van der Waals surface area contributed by atoms with E-state index < -0.39 is 0 Å². The van der Waals surface area contributed by atoms with Crippen LogP contribution in [-0.2, 0) is 0 Å². The predicted octanol–water partition coefficient (Wildman–Crippen LogP) is 3.17. The summed E-state index contributed by atoms with van der Waals surface area (Å²) in [5.74, 6) is 0. The molecule has 0 aliphatic heterocycles. The van der Waals surface area contributed by atoms with Gasteiger partial charge in [-0.15, -0.1) is 0 Å². The number of pyridine rings is 1. The Morgan fingerprint density at radius 2 is 1.85 bits per heavy atom. The molecule has 2 aromatic heterocycles. The van der Waals surface area contributed by atoms with Crippen molar-refractivity contribution in [2.24, 2.45) is 0 Å². The van der Waals surface area contributed by atoms with E-state index in [1.54, 1.807) is 22.9 Å². The molecule has 0 saturated heterocycles. The molecule has 0 bridgehead atoms. The number of fused-ring (bicyclic) bond motifs is 1. The van der Waals surface area contributed by atoms with Crippen molar-refractivity contribution in [1.29, 1.82) is 0 Å². The topological polar surface area (TPSA) is 34.4 Å². The predicted molar refractivity (Wildman–Crippen MR) is 81.6 cm³/mol. The lowest BCUT2D eigenvalue weighted by atomic mass is 10.2. The van der Waals surface area contributed by atoms with Gasteiger partial charge in [-0.3, -0.25) is 9.20 Å². The van der Waals surface area contributed by atoms with Crippen molar-refractivity contribution in [3.63, 3.8) is 0 Å². The molecule has 0 atom stereocenters. The molecule has 0 unspecified atom stereocenters. The van der Waals surface area contributed by atoms with Gasteiger partial charge < -0.3 is 0 Å². The molecular formula is C17H14N2O. The number of benzene rings is 1. The molecule has 98 valence electrons. The molecule has 0 aliphatic rings. The van der Waals surface area contributed by atoms with E-state index in [1.165, 1.54) is 0 Å². The first-order valence-electron chi connectivity index (χ1n) is 6.46. The molecular weight excluding hydrogens is 248 g/mol. The summed E-state index contributed by atoms with van der Waals surface area (Å²) >= 11 is 0. The highest BCUT2D eigenvalue weighted by molar-refractivity contribution is 5.69. The maximum atomic E-state index is 12.4. The van der Waals surface area contributed by atoms with E-state index in [9.17, 15) is 4.79 Å². The van der Waals surface area contributed by atoms with Gasteiger partial charge in [0.1, 0.15) is 5.65 Å². The van der Waals surface area contributed by atoms with Crippen LogP contribution in [-0.4, -0.2) is 9.38 Å². The number of rotatable bonds is 2. The molecule has 0 saturated carbocycles. The zero-order valence-corrected chi connectivity index (χ0v) is 11.2. The van der Waals surface area contributed by atoms with E-state index in [0.29, 0.717) is 11.2 Å². The third-order valence-electron chi connectivity index (χ3n) is 3.21. The first kappa shape index (κ1) is 12.4. The number of aromatic nitrogens is 2. The van der Waals surface area contributed by atoms with E-state index >= 15 is 0 Å². The summed E-state index contributed by atoms with van der Waals surface area (Å²) in [5, 5.41) is 0. The monoisotopic (exact) mass is 262 g/mol. The lowest BCUT2D eigenvalue weighted by Crippen LogP contribution is -2.17. The van der Waals surface area contributed by atoms with E-state index in [2.05, 4.69) is 4.98 Å². The van der Waals surface area contributed by atoms with Crippen LogP contribution in [0.15, 0.2) is 59.7 Å². The summed E-state index contributed by atoms with van der Waals surface area (Å²) in [7, 11) is 0. The fourth-order valence-corrected chi connectivity index (χ4v) is 2.13. The molecule has 3 rings (SSSR count). The molecule has 3 aromatic rings. The number of hydrogen-bond donors (Lipinski definition) is 0. The average molecular weight is 262 g/mol. The summed E-state index contributed by atoms with van der Waals surface area (Å²) in [6.45, 7) is 1.95. The molecule has 0 fully saturated rings. The smallest absolute Gasteiger partial charge is 0.265 e. The SMILES string of the molecule is Cc1cccn2c(=O)c(/C=C/c3ccccc3)cnc12. The number of nitrogens with zero attached hydrogens (tertiary/aromatic N) is 2. The Kier molecular flexibility index (Phi) is 3.17. The number of aryl methyl sites for hydroxylation is 1. The van der Waals surface area contributed by atoms with Crippen LogP contribution in [0.5, 0.6) is 0 Å². The molecule has 0 N–H and O–H groups in total. The van der Waals surface area contributed by atoms with Crippen LogP contribution >= 0.6 is 0 Å². The zero-order valence-electron chi connectivity index (χ0n) is 11.2. The fraction of sp³-hybridized carbons (Fsp3) is 0.0588. The van der Waals surface area contributed by atoms with E-state index in [4.69, 9.17) is 0 Å². The Morgan fingerprint density at radius 1 is 1.05 bits per heavy atom. The van der Waals surface area contributed by atoms with Crippen LogP contribution in [0.2, 0.25) is 0 Å². The second-order valence-corrected chi connectivity index (χ2v) is 4.65. The zero-order chi connectivity index (χ0) is 13.9. The van der Waals surface area contributed by atoms with E-state index in [1.807, 2.05) is 55.5 Å². The minimum Gasteiger partial charge on any atom is -0.268 e. The Bertz CT molecular complexity index is 832. The summed E-state index contributed by atoms with van der Waals surface area (Å²) in [6.07, 6.45) is 7.10. The second-order valence-electron chi connectivity index (χ2n) is 4.65. The first-order valence-corrected chi connectivity index (χ1v) is 6.46. The Labute approximate surface area is 116 Å². The molecule has 0 radical (unpaired) electrons.